The molecular formula is C13H26O3. The molecule has 4 atom stereocenters. The second kappa shape index (κ2) is 5.48. The van der Waals surface area contributed by atoms with Gasteiger partial charge in [0.15, 0.2) is 5.79 Å². The average molecular weight is 230 g/mol. The smallest absolute Gasteiger partial charge is 0.163 e. The van der Waals surface area contributed by atoms with Crippen LogP contribution < -0.4 is 0 Å². The zero-order chi connectivity index (χ0) is 12.3. The Hall–Kier alpha value is -0.120. The molecule has 1 fully saturated rings. The maximum atomic E-state index is 10.0. The van der Waals surface area contributed by atoms with Gasteiger partial charge in [-0.2, -0.15) is 0 Å². The fourth-order valence-corrected chi connectivity index (χ4v) is 2.31. The SMILES string of the molecule is CCC[C@@H](O)[C@H](C)[C@@H]1OC(C)(C)OC[C@H]1C. The summed E-state index contributed by atoms with van der Waals surface area (Å²) in [5.74, 6) is -0.00941. The number of hydrogen-bond donors (Lipinski definition) is 1. The zero-order valence-corrected chi connectivity index (χ0v) is 11.2. The van der Waals surface area contributed by atoms with Crippen LogP contribution in [0.2, 0.25) is 0 Å². The summed E-state index contributed by atoms with van der Waals surface area (Å²) < 4.78 is 11.5. The largest absolute Gasteiger partial charge is 0.393 e. The topological polar surface area (TPSA) is 38.7 Å². The van der Waals surface area contributed by atoms with Crippen LogP contribution in [0.4, 0.5) is 0 Å². The van der Waals surface area contributed by atoms with Crippen molar-refractivity contribution in [2.24, 2.45) is 11.8 Å². The molecule has 0 radical (unpaired) electrons. The van der Waals surface area contributed by atoms with Crippen molar-refractivity contribution in [2.45, 2.75) is 65.5 Å². The lowest BCUT2D eigenvalue weighted by molar-refractivity contribution is -0.303. The molecule has 1 heterocycles. The van der Waals surface area contributed by atoms with Crippen molar-refractivity contribution >= 4 is 0 Å². The Morgan fingerprint density at radius 3 is 2.62 bits per heavy atom. The third-order valence-electron chi connectivity index (χ3n) is 3.38. The Morgan fingerprint density at radius 2 is 2.06 bits per heavy atom. The average Bonchev–Trinajstić information content (AvgIpc) is 2.21. The molecule has 3 nitrogen and oxygen atoms in total. The molecule has 96 valence electrons. The maximum absolute atomic E-state index is 10.0. The van der Waals surface area contributed by atoms with Crippen LogP contribution in [0.1, 0.15) is 47.5 Å². The van der Waals surface area contributed by atoms with Crippen LogP contribution in [0.15, 0.2) is 0 Å². The van der Waals surface area contributed by atoms with E-state index in [1.54, 1.807) is 0 Å². The predicted octanol–water partition coefficient (Wildman–Crippen LogP) is 2.57. The van der Waals surface area contributed by atoms with E-state index in [1.165, 1.54) is 0 Å². The Labute approximate surface area is 99.1 Å². The Morgan fingerprint density at radius 1 is 1.44 bits per heavy atom. The van der Waals surface area contributed by atoms with Gasteiger partial charge in [0.2, 0.25) is 0 Å². The first kappa shape index (κ1) is 13.9. The highest BCUT2D eigenvalue weighted by Crippen LogP contribution is 2.32. The van der Waals surface area contributed by atoms with Gasteiger partial charge in [0.05, 0.1) is 18.8 Å². The maximum Gasteiger partial charge on any atom is 0.163 e. The molecule has 0 aromatic heterocycles. The summed E-state index contributed by atoms with van der Waals surface area (Å²) in [5, 5.41) is 10.0. The molecule has 1 N–H and O–H groups in total. The first-order valence-electron chi connectivity index (χ1n) is 6.37. The lowest BCUT2D eigenvalue weighted by atomic mass is 9.87. The normalized spacial score (nSPS) is 33.4. The lowest BCUT2D eigenvalue weighted by Gasteiger charge is -2.43. The van der Waals surface area contributed by atoms with Crippen molar-refractivity contribution < 1.29 is 14.6 Å². The molecule has 0 aliphatic carbocycles. The first-order chi connectivity index (χ1) is 7.37. The molecule has 1 rings (SSSR count). The molecule has 0 aromatic rings. The minimum atomic E-state index is -0.516. The van der Waals surface area contributed by atoms with E-state index in [1.807, 2.05) is 13.8 Å². The van der Waals surface area contributed by atoms with E-state index in [0.717, 1.165) is 12.8 Å². The van der Waals surface area contributed by atoms with Gasteiger partial charge in [-0.05, 0) is 20.3 Å². The molecule has 0 amide bonds. The second-order valence-electron chi connectivity index (χ2n) is 5.49. The van der Waals surface area contributed by atoms with Crippen molar-refractivity contribution in [1.29, 1.82) is 0 Å². The summed E-state index contributed by atoms with van der Waals surface area (Å²) in [6, 6.07) is 0. The highest BCUT2D eigenvalue weighted by Gasteiger charge is 2.38. The minimum absolute atomic E-state index is 0.0882. The van der Waals surface area contributed by atoms with Crippen molar-refractivity contribution in [3.8, 4) is 0 Å². The number of hydrogen-bond acceptors (Lipinski definition) is 3. The number of rotatable bonds is 4. The molecule has 0 bridgehead atoms. The second-order valence-corrected chi connectivity index (χ2v) is 5.49. The highest BCUT2D eigenvalue weighted by atomic mass is 16.7. The molecule has 0 aromatic carbocycles. The summed E-state index contributed by atoms with van der Waals surface area (Å²) in [4.78, 5) is 0. The van der Waals surface area contributed by atoms with Crippen LogP contribution in [-0.4, -0.2) is 29.7 Å². The fourth-order valence-electron chi connectivity index (χ4n) is 2.31. The van der Waals surface area contributed by atoms with Crippen molar-refractivity contribution in [2.75, 3.05) is 6.61 Å². The van der Waals surface area contributed by atoms with E-state index in [2.05, 4.69) is 20.8 Å². The van der Waals surface area contributed by atoms with Gasteiger partial charge in [0.1, 0.15) is 0 Å². The van der Waals surface area contributed by atoms with Gasteiger partial charge < -0.3 is 14.6 Å². The van der Waals surface area contributed by atoms with Crippen LogP contribution in [-0.2, 0) is 9.47 Å². The quantitative estimate of drug-likeness (QED) is 0.806. The first-order valence-corrected chi connectivity index (χ1v) is 6.37. The van der Waals surface area contributed by atoms with E-state index in [-0.39, 0.29) is 18.1 Å². The third kappa shape index (κ3) is 3.44. The summed E-state index contributed by atoms with van der Waals surface area (Å²) in [6.07, 6.45) is 1.67. The van der Waals surface area contributed by atoms with Gasteiger partial charge in [-0.3, -0.25) is 0 Å². The third-order valence-corrected chi connectivity index (χ3v) is 3.38. The Bertz CT molecular complexity index is 215. The predicted molar refractivity (Wildman–Crippen MR) is 64.1 cm³/mol. The van der Waals surface area contributed by atoms with Gasteiger partial charge >= 0.3 is 0 Å². The number of aliphatic hydroxyl groups excluding tert-OH is 1. The van der Waals surface area contributed by atoms with Gasteiger partial charge in [0.25, 0.3) is 0 Å². The Balaban J connectivity index is 2.61. The molecule has 1 aliphatic rings. The molecule has 3 heteroatoms. The van der Waals surface area contributed by atoms with Crippen LogP contribution in [0, 0.1) is 11.8 Å². The highest BCUT2D eigenvalue weighted by molar-refractivity contribution is 4.82. The fraction of sp³-hybridized carbons (Fsp3) is 1.00. The van der Waals surface area contributed by atoms with E-state index in [9.17, 15) is 5.11 Å². The molecule has 1 saturated heterocycles. The number of aliphatic hydroxyl groups is 1. The summed E-state index contributed by atoms with van der Waals surface area (Å²) in [6.45, 7) is 10.9. The van der Waals surface area contributed by atoms with Crippen molar-refractivity contribution in [3.63, 3.8) is 0 Å². The Kier molecular flexibility index (Phi) is 4.77. The lowest BCUT2D eigenvalue weighted by Crippen LogP contribution is -2.49. The van der Waals surface area contributed by atoms with Crippen LogP contribution in [0.5, 0.6) is 0 Å². The van der Waals surface area contributed by atoms with E-state index in [0.29, 0.717) is 12.5 Å². The molecular weight excluding hydrogens is 204 g/mol. The van der Waals surface area contributed by atoms with E-state index in [4.69, 9.17) is 9.47 Å². The van der Waals surface area contributed by atoms with Gasteiger partial charge in [-0.25, -0.2) is 0 Å². The van der Waals surface area contributed by atoms with Gasteiger partial charge in [-0.1, -0.05) is 27.2 Å². The zero-order valence-electron chi connectivity index (χ0n) is 11.2. The molecule has 16 heavy (non-hydrogen) atoms. The van der Waals surface area contributed by atoms with E-state index < -0.39 is 5.79 Å². The van der Waals surface area contributed by atoms with Gasteiger partial charge in [0, 0.05) is 11.8 Å². The van der Waals surface area contributed by atoms with Crippen LogP contribution >= 0.6 is 0 Å². The molecule has 0 unspecified atom stereocenters. The summed E-state index contributed by atoms with van der Waals surface area (Å²) in [5.41, 5.74) is 0. The van der Waals surface area contributed by atoms with E-state index >= 15 is 0 Å². The van der Waals surface area contributed by atoms with Crippen molar-refractivity contribution in [3.05, 3.63) is 0 Å². The molecule has 0 saturated carbocycles. The van der Waals surface area contributed by atoms with Crippen LogP contribution in [0.3, 0.4) is 0 Å². The molecule has 1 aliphatic heterocycles. The van der Waals surface area contributed by atoms with Gasteiger partial charge in [-0.15, -0.1) is 0 Å². The summed E-state index contributed by atoms with van der Waals surface area (Å²) >= 11 is 0. The minimum Gasteiger partial charge on any atom is -0.393 e. The monoisotopic (exact) mass is 230 g/mol. The standard InChI is InChI=1S/C13H26O3/c1-6-7-11(14)10(3)12-9(2)8-15-13(4,5)16-12/h9-12,14H,6-8H2,1-5H3/t9-,10+,11-,12-/m1/s1. The van der Waals surface area contributed by atoms with Crippen molar-refractivity contribution in [1.82, 2.24) is 0 Å². The van der Waals surface area contributed by atoms with Crippen LogP contribution in [0.25, 0.3) is 0 Å². The summed E-state index contributed by atoms with van der Waals surface area (Å²) in [7, 11) is 0. The molecule has 0 spiro atoms. The number of ether oxygens (including phenoxy) is 2.